The Morgan fingerprint density at radius 3 is 2.69 bits per heavy atom. The molecule has 2 unspecified atom stereocenters. The molecule has 4 rings (SSSR count). The van der Waals surface area contributed by atoms with Gasteiger partial charge in [0.2, 0.25) is 5.91 Å². The second kappa shape index (κ2) is 11.2. The van der Waals surface area contributed by atoms with Gasteiger partial charge in [0, 0.05) is 57.6 Å². The number of nitrogens with zero attached hydrogens (tertiary/aromatic N) is 4. The van der Waals surface area contributed by atoms with Crippen molar-refractivity contribution < 1.29 is 19.4 Å². The lowest BCUT2D eigenvalue weighted by Crippen LogP contribution is -2.38. The fourth-order valence-electron chi connectivity index (χ4n) is 5.03. The lowest BCUT2D eigenvalue weighted by molar-refractivity contribution is -0.135. The number of imidazole rings is 1. The van der Waals surface area contributed by atoms with Crippen LogP contribution in [0.4, 0.5) is 0 Å². The summed E-state index contributed by atoms with van der Waals surface area (Å²) in [4.78, 5) is 30.1. The van der Waals surface area contributed by atoms with Crippen LogP contribution in [0.5, 0.6) is 0 Å². The van der Waals surface area contributed by atoms with E-state index in [1.165, 1.54) is 5.56 Å². The van der Waals surface area contributed by atoms with Crippen LogP contribution in [-0.2, 0) is 34.3 Å². The molecular formula is C24H34N4O4. The van der Waals surface area contributed by atoms with Crippen molar-refractivity contribution in [2.75, 3.05) is 39.4 Å². The predicted molar refractivity (Wildman–Crippen MR) is 121 cm³/mol. The summed E-state index contributed by atoms with van der Waals surface area (Å²) in [6.07, 6.45) is 6.04. The summed E-state index contributed by atoms with van der Waals surface area (Å²) in [5, 5.41) is 6.89. The molecule has 1 aromatic carbocycles. The van der Waals surface area contributed by atoms with E-state index < -0.39 is 0 Å². The summed E-state index contributed by atoms with van der Waals surface area (Å²) in [6.45, 7) is 7.08. The van der Waals surface area contributed by atoms with Crippen LogP contribution in [0.1, 0.15) is 24.7 Å². The van der Waals surface area contributed by atoms with Crippen LogP contribution in [-0.4, -0.2) is 76.2 Å². The van der Waals surface area contributed by atoms with Gasteiger partial charge in [-0.1, -0.05) is 30.3 Å². The lowest BCUT2D eigenvalue weighted by atomic mass is 9.76. The number of aromatic nitrogens is 2. The van der Waals surface area contributed by atoms with E-state index in [4.69, 9.17) is 14.6 Å². The maximum atomic E-state index is 12.6. The number of aryl methyl sites for hydroxylation is 2. The molecule has 2 aromatic rings. The number of carbonyl (C=O) groups excluding carboxylic acids is 1. The van der Waals surface area contributed by atoms with E-state index in [2.05, 4.69) is 51.8 Å². The maximum Gasteiger partial charge on any atom is 0.290 e. The van der Waals surface area contributed by atoms with Crippen molar-refractivity contribution in [1.82, 2.24) is 19.4 Å². The van der Waals surface area contributed by atoms with Gasteiger partial charge in [0.25, 0.3) is 6.47 Å². The van der Waals surface area contributed by atoms with Crippen molar-refractivity contribution >= 4 is 12.4 Å². The molecule has 0 bridgehead atoms. The zero-order chi connectivity index (χ0) is 23.0. The minimum absolute atomic E-state index is 0.135. The summed E-state index contributed by atoms with van der Waals surface area (Å²) in [5.74, 6) is 1.75. The number of carboxylic acid groups (broad SMARTS) is 1. The predicted octanol–water partition coefficient (Wildman–Crippen LogP) is 2.05. The average Bonchev–Trinajstić information content (AvgIpc) is 3.44. The van der Waals surface area contributed by atoms with Crippen molar-refractivity contribution in [2.24, 2.45) is 18.4 Å². The molecule has 32 heavy (non-hydrogen) atoms. The van der Waals surface area contributed by atoms with Gasteiger partial charge in [-0.15, -0.1) is 0 Å². The quantitative estimate of drug-likeness (QED) is 0.630. The molecule has 0 saturated carbocycles. The van der Waals surface area contributed by atoms with Crippen LogP contribution < -0.4 is 0 Å². The number of likely N-dealkylation sites (tertiary alicyclic amines) is 2. The van der Waals surface area contributed by atoms with Gasteiger partial charge in [0.05, 0.1) is 6.54 Å². The number of hydrogen-bond donors (Lipinski definition) is 1. The van der Waals surface area contributed by atoms with Crippen molar-refractivity contribution in [2.45, 2.75) is 26.3 Å². The van der Waals surface area contributed by atoms with E-state index in [0.29, 0.717) is 12.5 Å². The van der Waals surface area contributed by atoms with Gasteiger partial charge in [-0.3, -0.25) is 14.5 Å². The van der Waals surface area contributed by atoms with Gasteiger partial charge in [0.15, 0.2) is 0 Å². The molecule has 8 nitrogen and oxygen atoms in total. The van der Waals surface area contributed by atoms with E-state index in [9.17, 15) is 4.79 Å². The van der Waals surface area contributed by atoms with Crippen molar-refractivity contribution in [3.05, 3.63) is 54.1 Å². The number of benzene rings is 1. The SMILES string of the molecule is CCOCC(=O)N1CC2CN(Cc3nccn3C)CC2(CCc2ccccc2)C1.O=CO. The fourth-order valence-corrected chi connectivity index (χ4v) is 5.03. The van der Waals surface area contributed by atoms with Crippen molar-refractivity contribution in [3.8, 4) is 0 Å². The molecule has 174 valence electrons. The Labute approximate surface area is 189 Å². The second-order valence-electron chi connectivity index (χ2n) is 8.69. The normalized spacial score (nSPS) is 22.3. The molecule has 0 radical (unpaired) electrons. The van der Waals surface area contributed by atoms with Crippen LogP contribution >= 0.6 is 0 Å². The zero-order valence-corrected chi connectivity index (χ0v) is 19.0. The van der Waals surface area contributed by atoms with E-state index in [1.54, 1.807) is 0 Å². The first-order valence-corrected chi connectivity index (χ1v) is 11.2. The summed E-state index contributed by atoms with van der Waals surface area (Å²) in [5.41, 5.74) is 1.53. The van der Waals surface area contributed by atoms with Gasteiger partial charge in [-0.05, 0) is 31.2 Å². The smallest absolute Gasteiger partial charge is 0.290 e. The van der Waals surface area contributed by atoms with Gasteiger partial charge < -0.3 is 19.3 Å². The highest BCUT2D eigenvalue weighted by Gasteiger charge is 2.52. The molecule has 8 heteroatoms. The first-order valence-electron chi connectivity index (χ1n) is 11.2. The van der Waals surface area contributed by atoms with Crippen LogP contribution in [0.25, 0.3) is 0 Å². The third-order valence-corrected chi connectivity index (χ3v) is 6.65. The second-order valence-corrected chi connectivity index (χ2v) is 8.69. The van der Waals surface area contributed by atoms with Crippen molar-refractivity contribution in [3.63, 3.8) is 0 Å². The third-order valence-electron chi connectivity index (χ3n) is 6.65. The Bertz CT molecular complexity index is 872. The molecule has 2 aliphatic rings. The lowest BCUT2D eigenvalue weighted by Gasteiger charge is -2.29. The minimum Gasteiger partial charge on any atom is -0.483 e. The van der Waals surface area contributed by atoms with Crippen LogP contribution in [0.2, 0.25) is 0 Å². The molecule has 1 amide bonds. The molecule has 0 spiro atoms. The van der Waals surface area contributed by atoms with Crippen molar-refractivity contribution in [1.29, 1.82) is 0 Å². The first kappa shape index (κ1) is 23.9. The summed E-state index contributed by atoms with van der Waals surface area (Å²) in [7, 11) is 2.05. The molecule has 3 heterocycles. The maximum absolute atomic E-state index is 12.6. The number of ether oxygens (including phenoxy) is 1. The molecule has 2 fully saturated rings. The van der Waals surface area contributed by atoms with E-state index in [-0.39, 0.29) is 24.4 Å². The highest BCUT2D eigenvalue weighted by Crippen LogP contribution is 2.46. The number of hydrogen-bond acceptors (Lipinski definition) is 5. The van der Waals surface area contributed by atoms with E-state index in [1.807, 2.05) is 24.2 Å². The fraction of sp³-hybridized carbons (Fsp3) is 0.542. The molecular weight excluding hydrogens is 408 g/mol. The van der Waals surface area contributed by atoms with Crippen LogP contribution in [0.15, 0.2) is 42.7 Å². The topological polar surface area (TPSA) is 87.9 Å². The van der Waals surface area contributed by atoms with Gasteiger partial charge >= 0.3 is 0 Å². The number of amides is 1. The highest BCUT2D eigenvalue weighted by molar-refractivity contribution is 5.78. The molecule has 0 aliphatic carbocycles. The largest absolute Gasteiger partial charge is 0.483 e. The molecule has 2 atom stereocenters. The van der Waals surface area contributed by atoms with Gasteiger partial charge in [0.1, 0.15) is 12.4 Å². The Hall–Kier alpha value is -2.71. The zero-order valence-electron chi connectivity index (χ0n) is 19.0. The highest BCUT2D eigenvalue weighted by atomic mass is 16.5. The number of rotatable bonds is 8. The summed E-state index contributed by atoms with van der Waals surface area (Å²) >= 11 is 0. The van der Waals surface area contributed by atoms with Gasteiger partial charge in [-0.25, -0.2) is 4.98 Å². The Morgan fingerprint density at radius 2 is 2.03 bits per heavy atom. The molecule has 2 aliphatic heterocycles. The van der Waals surface area contributed by atoms with Gasteiger partial charge in [-0.2, -0.15) is 0 Å². The monoisotopic (exact) mass is 442 g/mol. The Morgan fingerprint density at radius 1 is 1.28 bits per heavy atom. The van der Waals surface area contributed by atoms with E-state index >= 15 is 0 Å². The number of fused-ring (bicyclic) bond motifs is 1. The number of carbonyl (C=O) groups is 2. The Balaban J connectivity index is 0.000000913. The third kappa shape index (κ3) is 5.75. The summed E-state index contributed by atoms with van der Waals surface area (Å²) in [6, 6.07) is 10.7. The molecule has 2 saturated heterocycles. The standard InChI is InChI=1S/C23H32N4O2.CH2O2/c1-3-29-16-22(28)27-14-20-13-26(15-21-24-11-12-25(21)2)17-23(20,18-27)10-9-19-7-5-4-6-8-19;2-1-3/h4-8,11-12,20H,3,9-10,13-18H2,1-2H3;1H,(H,2,3). The first-order chi connectivity index (χ1) is 15.5. The molecule has 1 N–H and O–H groups in total. The minimum atomic E-state index is -0.250. The summed E-state index contributed by atoms with van der Waals surface area (Å²) < 4.78 is 7.48. The van der Waals surface area contributed by atoms with E-state index in [0.717, 1.165) is 51.4 Å². The Kier molecular flexibility index (Phi) is 8.41. The van der Waals surface area contributed by atoms with Crippen LogP contribution in [0.3, 0.4) is 0 Å². The molecule has 1 aromatic heterocycles. The average molecular weight is 443 g/mol. The van der Waals surface area contributed by atoms with Crippen LogP contribution in [0, 0.1) is 11.3 Å².